The monoisotopic (exact) mass is 301 g/mol. The maximum absolute atomic E-state index is 13.4. The number of nitrogens with zero attached hydrogens (tertiary/aromatic N) is 1. The number of pyridine rings is 1. The summed E-state index contributed by atoms with van der Waals surface area (Å²) in [6.07, 6.45) is 0.945. The topological polar surface area (TPSA) is 30.0 Å². The van der Waals surface area contributed by atoms with E-state index >= 15 is 0 Å². The van der Waals surface area contributed by atoms with Gasteiger partial charge in [-0.1, -0.05) is 35.3 Å². The number of carbonyl (C=O) groups excluding carboxylic acids is 1. The molecule has 98 valence electrons. The summed E-state index contributed by atoms with van der Waals surface area (Å²) in [5.41, 5.74) is -0.0625. The Morgan fingerprint density at radius 2 is 2.00 bits per heavy atom. The van der Waals surface area contributed by atoms with Crippen LogP contribution in [0.1, 0.15) is 16.1 Å². The minimum absolute atomic E-state index is 0.0188. The van der Waals surface area contributed by atoms with Gasteiger partial charge in [0.1, 0.15) is 5.69 Å². The molecule has 1 aromatic heterocycles. The fourth-order valence-electron chi connectivity index (χ4n) is 1.56. The molecule has 0 N–H and O–H groups in total. The molecule has 2 nitrogen and oxygen atoms in total. The molecule has 0 atom stereocenters. The standard InChI is InChI=1S/C13H7Cl2F2NO/c14-8-5-9(15)13(18-6-8)11(19)4-7-2-1-3-10(16)12(7)17/h1-3,5-6H,4H2. The van der Waals surface area contributed by atoms with Gasteiger partial charge in [-0.05, 0) is 17.7 Å². The Bertz CT molecular complexity index is 647. The van der Waals surface area contributed by atoms with Gasteiger partial charge >= 0.3 is 0 Å². The maximum atomic E-state index is 13.4. The molecule has 2 aromatic rings. The van der Waals surface area contributed by atoms with Crippen LogP contribution in [0.15, 0.2) is 30.5 Å². The second-order valence-corrected chi connectivity index (χ2v) is 4.64. The first-order valence-corrected chi connectivity index (χ1v) is 6.01. The summed E-state index contributed by atoms with van der Waals surface area (Å²) in [5, 5.41) is 0.368. The molecule has 0 aliphatic heterocycles. The molecule has 6 heteroatoms. The second-order valence-electron chi connectivity index (χ2n) is 3.80. The van der Waals surface area contributed by atoms with Gasteiger partial charge in [-0.2, -0.15) is 0 Å². The first-order valence-electron chi connectivity index (χ1n) is 5.26. The predicted octanol–water partition coefficient (Wildman–Crippen LogP) is 4.09. The van der Waals surface area contributed by atoms with Gasteiger partial charge < -0.3 is 0 Å². The Kier molecular flexibility index (Phi) is 4.12. The fraction of sp³-hybridized carbons (Fsp3) is 0.0769. The average Bonchev–Trinajstić information content (AvgIpc) is 2.34. The highest BCUT2D eigenvalue weighted by atomic mass is 35.5. The number of carbonyl (C=O) groups is 1. The van der Waals surface area contributed by atoms with Crippen LogP contribution in [0.3, 0.4) is 0 Å². The van der Waals surface area contributed by atoms with Gasteiger partial charge in [0.05, 0.1) is 10.0 Å². The Balaban J connectivity index is 2.28. The van der Waals surface area contributed by atoms with E-state index in [-0.39, 0.29) is 22.7 Å². The molecule has 2 rings (SSSR count). The van der Waals surface area contributed by atoms with E-state index in [9.17, 15) is 13.6 Å². The lowest BCUT2D eigenvalue weighted by molar-refractivity contribution is 0.0987. The van der Waals surface area contributed by atoms with E-state index in [0.717, 1.165) is 6.07 Å². The normalized spacial score (nSPS) is 10.5. The predicted molar refractivity (Wildman–Crippen MR) is 68.6 cm³/mol. The summed E-state index contributed by atoms with van der Waals surface area (Å²) in [6, 6.07) is 5.01. The third-order valence-corrected chi connectivity index (χ3v) is 2.95. The van der Waals surface area contributed by atoms with E-state index < -0.39 is 17.4 Å². The molecule has 1 aromatic carbocycles. The Morgan fingerprint density at radius 3 is 2.68 bits per heavy atom. The highest BCUT2D eigenvalue weighted by Crippen LogP contribution is 2.21. The van der Waals surface area contributed by atoms with Crippen molar-refractivity contribution in [2.45, 2.75) is 6.42 Å². The molecule has 0 aliphatic rings. The van der Waals surface area contributed by atoms with Gasteiger partial charge in [0.2, 0.25) is 0 Å². The van der Waals surface area contributed by atoms with Gasteiger partial charge in [0.15, 0.2) is 17.4 Å². The lowest BCUT2D eigenvalue weighted by Crippen LogP contribution is -2.08. The van der Waals surface area contributed by atoms with Crippen LogP contribution in [0.5, 0.6) is 0 Å². The van der Waals surface area contributed by atoms with Crippen molar-refractivity contribution in [3.05, 3.63) is 63.4 Å². The first-order chi connectivity index (χ1) is 8.99. The van der Waals surface area contributed by atoms with Crippen molar-refractivity contribution in [3.63, 3.8) is 0 Å². The van der Waals surface area contributed by atoms with E-state index in [1.807, 2.05) is 0 Å². The van der Waals surface area contributed by atoms with Gasteiger partial charge in [0.25, 0.3) is 0 Å². The maximum Gasteiger partial charge on any atom is 0.187 e. The molecule has 0 saturated carbocycles. The van der Waals surface area contributed by atoms with Crippen molar-refractivity contribution in [2.24, 2.45) is 0 Å². The zero-order valence-electron chi connectivity index (χ0n) is 9.46. The summed E-state index contributed by atoms with van der Waals surface area (Å²) >= 11 is 11.5. The minimum atomic E-state index is -1.04. The van der Waals surface area contributed by atoms with Gasteiger partial charge in [-0.25, -0.2) is 13.8 Å². The van der Waals surface area contributed by atoms with Crippen molar-refractivity contribution < 1.29 is 13.6 Å². The molecule has 1 heterocycles. The minimum Gasteiger partial charge on any atom is -0.292 e. The summed E-state index contributed by atoms with van der Waals surface area (Å²) in [5.74, 6) is -2.55. The van der Waals surface area contributed by atoms with Crippen LogP contribution < -0.4 is 0 Å². The van der Waals surface area contributed by atoms with Crippen LogP contribution in [-0.2, 0) is 6.42 Å². The summed E-state index contributed by atoms with van der Waals surface area (Å²) < 4.78 is 26.5. The number of hydrogen-bond donors (Lipinski definition) is 0. The molecule has 0 bridgehead atoms. The first kappa shape index (κ1) is 13.9. The van der Waals surface area contributed by atoms with Crippen molar-refractivity contribution in [1.82, 2.24) is 4.98 Å². The quantitative estimate of drug-likeness (QED) is 0.799. The van der Waals surface area contributed by atoms with Crippen LogP contribution in [0.4, 0.5) is 8.78 Å². The molecule has 0 fully saturated rings. The summed E-state index contributed by atoms with van der Waals surface area (Å²) in [6.45, 7) is 0. The summed E-state index contributed by atoms with van der Waals surface area (Å²) in [7, 11) is 0. The molecule has 0 unspecified atom stereocenters. The highest BCUT2D eigenvalue weighted by Gasteiger charge is 2.16. The van der Waals surface area contributed by atoms with Crippen LogP contribution >= 0.6 is 23.2 Å². The van der Waals surface area contributed by atoms with E-state index in [0.29, 0.717) is 5.02 Å². The Labute approximate surface area is 118 Å². The second kappa shape index (κ2) is 5.63. The molecule has 0 saturated heterocycles. The van der Waals surface area contributed by atoms with Crippen molar-refractivity contribution >= 4 is 29.0 Å². The number of Topliss-reactive ketones (excluding diaryl/α,β-unsaturated/α-hetero) is 1. The molecule has 19 heavy (non-hydrogen) atoms. The van der Waals surface area contributed by atoms with Gasteiger partial charge in [0, 0.05) is 12.6 Å². The van der Waals surface area contributed by atoms with Gasteiger partial charge in [-0.15, -0.1) is 0 Å². The summed E-state index contributed by atoms with van der Waals surface area (Å²) in [4.78, 5) is 15.7. The van der Waals surface area contributed by atoms with E-state index in [2.05, 4.69) is 4.98 Å². The molecular formula is C13H7Cl2F2NO. The SMILES string of the molecule is O=C(Cc1cccc(F)c1F)c1ncc(Cl)cc1Cl. The van der Waals surface area contributed by atoms with Crippen molar-refractivity contribution in [1.29, 1.82) is 0 Å². The highest BCUT2D eigenvalue weighted by molar-refractivity contribution is 6.36. The molecule has 0 aliphatic carbocycles. The van der Waals surface area contributed by atoms with Crippen molar-refractivity contribution in [2.75, 3.05) is 0 Å². The zero-order chi connectivity index (χ0) is 14.0. The number of ketones is 1. The van der Waals surface area contributed by atoms with Crippen LogP contribution in [-0.4, -0.2) is 10.8 Å². The van der Waals surface area contributed by atoms with Crippen LogP contribution in [0.25, 0.3) is 0 Å². The number of hydrogen-bond acceptors (Lipinski definition) is 2. The third kappa shape index (κ3) is 3.08. The molecule has 0 spiro atoms. The van der Waals surface area contributed by atoms with Crippen LogP contribution in [0.2, 0.25) is 10.0 Å². The molecule has 0 radical (unpaired) electrons. The van der Waals surface area contributed by atoms with Crippen molar-refractivity contribution in [3.8, 4) is 0 Å². The number of rotatable bonds is 3. The fourth-order valence-corrected chi connectivity index (χ4v) is 2.05. The van der Waals surface area contributed by atoms with E-state index in [1.54, 1.807) is 0 Å². The van der Waals surface area contributed by atoms with Crippen LogP contribution in [0, 0.1) is 11.6 Å². The third-order valence-electron chi connectivity index (χ3n) is 2.45. The number of aromatic nitrogens is 1. The average molecular weight is 302 g/mol. The lowest BCUT2D eigenvalue weighted by Gasteiger charge is -2.05. The van der Waals surface area contributed by atoms with E-state index in [4.69, 9.17) is 23.2 Å². The van der Waals surface area contributed by atoms with E-state index in [1.165, 1.54) is 24.4 Å². The smallest absolute Gasteiger partial charge is 0.187 e. The number of benzene rings is 1. The zero-order valence-corrected chi connectivity index (χ0v) is 11.0. The number of halogens is 4. The Morgan fingerprint density at radius 1 is 1.26 bits per heavy atom. The van der Waals surface area contributed by atoms with Gasteiger partial charge in [-0.3, -0.25) is 4.79 Å². The Hall–Kier alpha value is -1.52. The lowest BCUT2D eigenvalue weighted by atomic mass is 10.1. The molecular weight excluding hydrogens is 295 g/mol. The molecule has 0 amide bonds. The largest absolute Gasteiger partial charge is 0.292 e.